The fourth-order valence-electron chi connectivity index (χ4n) is 2.73. The van der Waals surface area contributed by atoms with Crippen LogP contribution in [0.2, 0.25) is 0 Å². The molecular formula is C18H22FN5O2. The molecule has 8 heteroatoms. The number of hydrogen-bond donors (Lipinski definition) is 1. The average molecular weight is 359 g/mol. The Hall–Kier alpha value is -2.90. The minimum Gasteiger partial charge on any atom is -0.444 e. The van der Waals surface area contributed by atoms with Crippen LogP contribution in [0.3, 0.4) is 0 Å². The number of rotatable bonds is 3. The van der Waals surface area contributed by atoms with Crippen LogP contribution in [0.4, 0.5) is 9.18 Å². The zero-order valence-corrected chi connectivity index (χ0v) is 15.4. The second-order valence-corrected chi connectivity index (χ2v) is 7.12. The summed E-state index contributed by atoms with van der Waals surface area (Å²) in [5.41, 5.74) is 0.622. The van der Waals surface area contributed by atoms with Crippen molar-refractivity contribution in [2.45, 2.75) is 39.3 Å². The maximum absolute atomic E-state index is 13.8. The van der Waals surface area contributed by atoms with Gasteiger partial charge >= 0.3 is 6.09 Å². The highest BCUT2D eigenvalue weighted by Gasteiger charge is 2.23. The number of benzene rings is 1. The van der Waals surface area contributed by atoms with Crippen molar-refractivity contribution in [1.29, 1.82) is 0 Å². The SMILES string of the molecule is CC(NC(=O)OC(C)(C)C)c1nc2ccc(F)cc2n1-c1ccnn1C. The smallest absolute Gasteiger partial charge is 0.408 e. The molecule has 3 rings (SSSR count). The molecule has 3 aromatic rings. The number of fused-ring (bicyclic) bond motifs is 1. The Bertz CT molecular complexity index is 954. The highest BCUT2D eigenvalue weighted by Crippen LogP contribution is 2.26. The lowest BCUT2D eigenvalue weighted by atomic mass is 10.2. The van der Waals surface area contributed by atoms with E-state index in [0.29, 0.717) is 22.7 Å². The Morgan fingerprint density at radius 3 is 2.65 bits per heavy atom. The van der Waals surface area contributed by atoms with Gasteiger partial charge < -0.3 is 10.1 Å². The van der Waals surface area contributed by atoms with Crippen molar-refractivity contribution in [3.05, 3.63) is 42.1 Å². The molecule has 1 aromatic carbocycles. The molecule has 0 spiro atoms. The van der Waals surface area contributed by atoms with E-state index in [2.05, 4.69) is 15.4 Å². The second kappa shape index (κ2) is 6.44. The van der Waals surface area contributed by atoms with Crippen molar-refractivity contribution in [3.8, 4) is 5.82 Å². The van der Waals surface area contributed by atoms with Gasteiger partial charge in [-0.25, -0.2) is 14.2 Å². The number of hydrogen-bond acceptors (Lipinski definition) is 4. The lowest BCUT2D eigenvalue weighted by Crippen LogP contribution is -2.35. The van der Waals surface area contributed by atoms with Crippen LogP contribution < -0.4 is 5.32 Å². The number of nitrogens with one attached hydrogen (secondary N) is 1. The van der Waals surface area contributed by atoms with Gasteiger partial charge in [0, 0.05) is 19.2 Å². The minimum absolute atomic E-state index is 0.361. The Balaban J connectivity index is 2.05. The molecule has 0 saturated heterocycles. The minimum atomic E-state index is -0.602. The normalized spacial score (nSPS) is 13.0. The first-order valence-corrected chi connectivity index (χ1v) is 8.31. The van der Waals surface area contributed by atoms with Crippen molar-refractivity contribution in [2.24, 2.45) is 7.05 Å². The standard InChI is InChI=1S/C18H22FN5O2/c1-11(21-17(25)26-18(2,3)4)16-22-13-7-6-12(19)10-14(13)24(16)15-8-9-20-23(15)5/h6-11H,1-5H3,(H,21,25). The predicted octanol–water partition coefficient (Wildman–Crippen LogP) is 3.48. The number of nitrogens with zero attached hydrogens (tertiary/aromatic N) is 4. The van der Waals surface area contributed by atoms with E-state index in [9.17, 15) is 9.18 Å². The van der Waals surface area contributed by atoms with Crippen LogP contribution in [0.5, 0.6) is 0 Å². The molecule has 0 bridgehead atoms. The summed E-state index contributed by atoms with van der Waals surface area (Å²) in [6.45, 7) is 7.19. The number of aryl methyl sites for hydroxylation is 1. The van der Waals surface area contributed by atoms with Crippen molar-refractivity contribution in [1.82, 2.24) is 24.6 Å². The molecule has 2 heterocycles. The number of ether oxygens (including phenoxy) is 1. The van der Waals surface area contributed by atoms with Crippen molar-refractivity contribution in [3.63, 3.8) is 0 Å². The predicted molar refractivity (Wildman–Crippen MR) is 95.6 cm³/mol. The molecule has 0 aliphatic heterocycles. The monoisotopic (exact) mass is 359 g/mol. The topological polar surface area (TPSA) is 74.0 Å². The van der Waals surface area contributed by atoms with Gasteiger partial charge in [0.2, 0.25) is 0 Å². The Labute approximate surface area is 150 Å². The van der Waals surface area contributed by atoms with Crippen LogP contribution in [0.15, 0.2) is 30.5 Å². The summed E-state index contributed by atoms with van der Waals surface area (Å²) in [6.07, 6.45) is 1.11. The first-order chi connectivity index (χ1) is 12.2. The number of carbonyl (C=O) groups is 1. The molecule has 0 aliphatic rings. The molecule has 138 valence electrons. The van der Waals surface area contributed by atoms with Gasteiger partial charge in [-0.1, -0.05) is 0 Å². The van der Waals surface area contributed by atoms with Crippen LogP contribution in [-0.2, 0) is 11.8 Å². The van der Waals surface area contributed by atoms with Gasteiger partial charge in [-0.3, -0.25) is 9.25 Å². The van der Waals surface area contributed by atoms with E-state index in [1.807, 2.05) is 0 Å². The van der Waals surface area contributed by atoms with Crippen molar-refractivity contribution >= 4 is 17.1 Å². The molecule has 26 heavy (non-hydrogen) atoms. The number of halogens is 1. The van der Waals surface area contributed by atoms with E-state index in [-0.39, 0.29) is 5.82 Å². The number of carbonyl (C=O) groups excluding carboxylic acids is 1. The van der Waals surface area contributed by atoms with Gasteiger partial charge in [-0.05, 0) is 39.8 Å². The highest BCUT2D eigenvalue weighted by atomic mass is 19.1. The Morgan fingerprint density at radius 2 is 2.04 bits per heavy atom. The summed E-state index contributed by atoms with van der Waals surface area (Å²) in [6, 6.07) is 5.73. The first-order valence-electron chi connectivity index (χ1n) is 8.31. The summed E-state index contributed by atoms with van der Waals surface area (Å²) in [7, 11) is 1.79. The van der Waals surface area contributed by atoms with Crippen molar-refractivity contribution in [2.75, 3.05) is 0 Å². The van der Waals surface area contributed by atoms with E-state index >= 15 is 0 Å². The zero-order chi connectivity index (χ0) is 19.1. The summed E-state index contributed by atoms with van der Waals surface area (Å²) in [4.78, 5) is 16.7. The first kappa shape index (κ1) is 17.9. The summed E-state index contributed by atoms with van der Waals surface area (Å²) < 4.78 is 22.6. The Kier molecular flexibility index (Phi) is 4.43. The fourth-order valence-corrected chi connectivity index (χ4v) is 2.73. The molecule has 1 atom stereocenters. The molecule has 2 aromatic heterocycles. The van der Waals surface area contributed by atoms with Gasteiger partial charge in [-0.15, -0.1) is 0 Å². The third-order valence-electron chi connectivity index (χ3n) is 3.79. The van der Waals surface area contributed by atoms with E-state index in [1.165, 1.54) is 12.1 Å². The molecular weight excluding hydrogens is 337 g/mol. The molecule has 1 unspecified atom stereocenters. The third-order valence-corrected chi connectivity index (χ3v) is 3.79. The maximum Gasteiger partial charge on any atom is 0.408 e. The highest BCUT2D eigenvalue weighted by molar-refractivity contribution is 5.78. The average Bonchev–Trinajstić information content (AvgIpc) is 3.07. The summed E-state index contributed by atoms with van der Waals surface area (Å²) in [5.74, 6) is 0.908. The molecule has 0 saturated carbocycles. The molecule has 1 N–H and O–H groups in total. The quantitative estimate of drug-likeness (QED) is 0.777. The molecule has 1 amide bonds. The zero-order valence-electron chi connectivity index (χ0n) is 15.4. The van der Waals surface area contributed by atoms with Gasteiger partial charge in [0.1, 0.15) is 23.1 Å². The van der Waals surface area contributed by atoms with Gasteiger partial charge in [0.15, 0.2) is 0 Å². The van der Waals surface area contributed by atoms with E-state index in [0.717, 1.165) is 0 Å². The van der Waals surface area contributed by atoms with Crippen LogP contribution in [-0.4, -0.2) is 31.0 Å². The van der Waals surface area contributed by atoms with Crippen LogP contribution in [0, 0.1) is 5.82 Å². The van der Waals surface area contributed by atoms with Crippen LogP contribution >= 0.6 is 0 Å². The lowest BCUT2D eigenvalue weighted by molar-refractivity contribution is 0.0505. The van der Waals surface area contributed by atoms with Crippen molar-refractivity contribution < 1.29 is 13.9 Å². The van der Waals surface area contributed by atoms with Crippen LogP contribution in [0.25, 0.3) is 16.9 Å². The Morgan fingerprint density at radius 1 is 1.31 bits per heavy atom. The molecule has 0 radical (unpaired) electrons. The molecule has 0 aliphatic carbocycles. The van der Waals surface area contributed by atoms with Gasteiger partial charge in [0.25, 0.3) is 0 Å². The number of aromatic nitrogens is 4. The number of imidazole rings is 1. The maximum atomic E-state index is 13.8. The molecule has 7 nitrogen and oxygen atoms in total. The van der Waals surface area contributed by atoms with E-state index in [4.69, 9.17) is 4.74 Å². The van der Waals surface area contributed by atoms with E-state index in [1.54, 1.807) is 62.3 Å². The largest absolute Gasteiger partial charge is 0.444 e. The van der Waals surface area contributed by atoms with E-state index < -0.39 is 17.7 Å². The summed E-state index contributed by atoms with van der Waals surface area (Å²) >= 11 is 0. The van der Waals surface area contributed by atoms with Gasteiger partial charge in [-0.2, -0.15) is 5.10 Å². The lowest BCUT2D eigenvalue weighted by Gasteiger charge is -2.22. The summed E-state index contributed by atoms with van der Waals surface area (Å²) in [5, 5.41) is 6.96. The van der Waals surface area contributed by atoms with Crippen LogP contribution in [0.1, 0.15) is 39.6 Å². The fraction of sp³-hybridized carbons (Fsp3) is 0.389. The number of alkyl carbamates (subject to hydrolysis) is 1. The number of amides is 1. The third kappa shape index (κ3) is 3.54. The van der Waals surface area contributed by atoms with Gasteiger partial charge in [0.05, 0.1) is 23.3 Å². The molecule has 0 fully saturated rings. The second-order valence-electron chi connectivity index (χ2n) is 7.12.